The van der Waals surface area contributed by atoms with Gasteiger partial charge in [-0.25, -0.2) is 0 Å². The third-order valence-electron chi connectivity index (χ3n) is 15.2. The molecule has 2 spiro atoms. The van der Waals surface area contributed by atoms with Gasteiger partial charge in [-0.15, -0.1) is 0 Å². The molecule has 6 unspecified atom stereocenters. The van der Waals surface area contributed by atoms with Gasteiger partial charge in [0, 0.05) is 22.5 Å². The molecule has 0 radical (unpaired) electrons. The lowest BCUT2D eigenvalue weighted by Crippen LogP contribution is -2.73. The minimum Gasteiger partial charge on any atom is -0.310 e. The summed E-state index contributed by atoms with van der Waals surface area (Å²) in [5.41, 5.74) is 17.0. The van der Waals surface area contributed by atoms with Crippen molar-refractivity contribution in [1.29, 1.82) is 0 Å². The first-order valence-electron chi connectivity index (χ1n) is 19.1. The maximum absolute atomic E-state index is 2.52. The fourth-order valence-electron chi connectivity index (χ4n) is 13.1. The zero-order valence-electron chi connectivity index (χ0n) is 29.5. The van der Waals surface area contributed by atoms with Gasteiger partial charge in [0.1, 0.15) is 0 Å². The number of benzene rings is 5. The second kappa shape index (κ2) is 9.36. The van der Waals surface area contributed by atoms with Crippen LogP contribution >= 0.6 is 0 Å². The van der Waals surface area contributed by atoms with Gasteiger partial charge in [0.15, 0.2) is 0 Å². The molecule has 0 saturated heterocycles. The summed E-state index contributed by atoms with van der Waals surface area (Å²) in [5.74, 6) is 3.67. The van der Waals surface area contributed by atoms with Gasteiger partial charge >= 0.3 is 0 Å². The third-order valence-corrected chi connectivity index (χ3v) is 15.2. The normalized spacial score (nSPS) is 31.3. The van der Waals surface area contributed by atoms with Gasteiger partial charge < -0.3 is 4.90 Å². The van der Waals surface area contributed by atoms with Crippen LogP contribution in [0, 0.1) is 29.1 Å². The maximum atomic E-state index is 2.52. The van der Waals surface area contributed by atoms with Crippen LogP contribution in [0.1, 0.15) is 88.5 Å². The summed E-state index contributed by atoms with van der Waals surface area (Å²) in [6, 6.07) is 44.5. The van der Waals surface area contributed by atoms with Crippen LogP contribution in [0.2, 0.25) is 0 Å². The smallest absolute Gasteiger partial charge is 0.0464 e. The van der Waals surface area contributed by atoms with Crippen molar-refractivity contribution in [2.75, 3.05) is 4.90 Å². The van der Waals surface area contributed by atoms with E-state index in [0.717, 1.165) is 23.7 Å². The molecule has 0 N–H and O–H groups in total. The molecule has 6 aliphatic rings. The van der Waals surface area contributed by atoms with E-state index in [-0.39, 0.29) is 16.2 Å². The highest BCUT2D eigenvalue weighted by molar-refractivity contribution is 5.94. The number of rotatable bonds is 4. The zero-order valence-corrected chi connectivity index (χ0v) is 29.5. The van der Waals surface area contributed by atoms with Crippen molar-refractivity contribution in [3.63, 3.8) is 0 Å². The van der Waals surface area contributed by atoms with Crippen LogP contribution in [0.25, 0.3) is 22.3 Å². The van der Waals surface area contributed by atoms with Crippen LogP contribution in [0.15, 0.2) is 115 Å². The molecule has 11 rings (SSSR count). The van der Waals surface area contributed by atoms with Crippen LogP contribution in [0.5, 0.6) is 0 Å². The lowest BCUT2D eigenvalue weighted by molar-refractivity contribution is -0.231. The fraction of sp³-hybridized carbons (Fsp3) is 0.375. The van der Waals surface area contributed by atoms with Crippen molar-refractivity contribution in [2.45, 2.75) is 82.5 Å². The molecule has 49 heavy (non-hydrogen) atoms. The summed E-state index contributed by atoms with van der Waals surface area (Å²) >= 11 is 0. The summed E-state index contributed by atoms with van der Waals surface area (Å²) in [6.07, 6.45) is 8.38. The molecule has 0 amide bonds. The van der Waals surface area contributed by atoms with Gasteiger partial charge in [-0.1, -0.05) is 107 Å². The number of anilines is 3. The average molecular weight is 638 g/mol. The second-order valence-corrected chi connectivity index (χ2v) is 18.0. The van der Waals surface area contributed by atoms with E-state index in [2.05, 4.69) is 148 Å². The van der Waals surface area contributed by atoms with Gasteiger partial charge in [-0.05, 0) is 159 Å². The lowest BCUT2D eigenvalue weighted by atomic mass is 9.27. The van der Waals surface area contributed by atoms with E-state index < -0.39 is 0 Å². The van der Waals surface area contributed by atoms with E-state index in [1.165, 1.54) is 89.0 Å². The molecule has 5 aromatic rings. The maximum Gasteiger partial charge on any atom is 0.0464 e. The molecule has 0 heterocycles. The van der Waals surface area contributed by atoms with Gasteiger partial charge in [0.2, 0.25) is 0 Å². The molecular formula is C48H47N. The number of para-hydroxylation sites is 1. The largest absolute Gasteiger partial charge is 0.310 e. The second-order valence-electron chi connectivity index (χ2n) is 18.0. The number of nitrogens with zero attached hydrogens (tertiary/aromatic N) is 1. The van der Waals surface area contributed by atoms with Crippen LogP contribution in [-0.4, -0.2) is 0 Å². The van der Waals surface area contributed by atoms with E-state index in [1.54, 1.807) is 11.1 Å². The van der Waals surface area contributed by atoms with Crippen molar-refractivity contribution in [3.05, 3.63) is 138 Å². The Morgan fingerprint density at radius 2 is 1.18 bits per heavy atom. The molecule has 4 saturated carbocycles. The molecule has 0 aliphatic heterocycles. The topological polar surface area (TPSA) is 3.24 Å². The van der Waals surface area contributed by atoms with Gasteiger partial charge in [-0.3, -0.25) is 0 Å². The Bertz CT molecular complexity index is 2170. The first-order chi connectivity index (χ1) is 23.7. The molecule has 6 aliphatic carbocycles. The molecular weight excluding hydrogens is 591 g/mol. The highest BCUT2D eigenvalue weighted by atomic mass is 15.1. The van der Waals surface area contributed by atoms with Crippen molar-refractivity contribution < 1.29 is 0 Å². The van der Waals surface area contributed by atoms with Crippen LogP contribution in [0.4, 0.5) is 17.1 Å². The number of fused-ring (bicyclic) bond motifs is 9. The highest BCUT2D eigenvalue weighted by Gasteiger charge is 2.84. The predicted molar refractivity (Wildman–Crippen MR) is 203 cm³/mol. The van der Waals surface area contributed by atoms with Crippen molar-refractivity contribution >= 4 is 17.1 Å². The van der Waals surface area contributed by atoms with E-state index >= 15 is 0 Å². The molecule has 5 aromatic carbocycles. The van der Waals surface area contributed by atoms with Crippen LogP contribution in [0.3, 0.4) is 0 Å². The van der Waals surface area contributed by atoms with Crippen molar-refractivity contribution in [2.24, 2.45) is 29.1 Å². The Hall–Kier alpha value is -4.10. The highest BCUT2D eigenvalue weighted by Crippen LogP contribution is 2.89. The first kappa shape index (κ1) is 28.7. The standard InChI is InChI=1S/C48H47N/c1-45(2)23-24-46(3,4)41-28-35(21-22-39(41)45)49(33-11-6-5-7-12-33)34-19-17-31(18-20-34)36-14-10-16-40-44(36)37-13-8-9-15-38(37)48(40)42-26-30-25-32-27-43(48)47(32,42)29-30/h5-22,28,30,32,42-43H,23-27,29H2,1-4H3. The molecule has 6 atom stereocenters. The molecule has 2 bridgehead atoms. The van der Waals surface area contributed by atoms with Crippen LogP contribution in [-0.2, 0) is 16.2 Å². The Balaban J connectivity index is 1.02. The summed E-state index contributed by atoms with van der Waals surface area (Å²) in [7, 11) is 0. The summed E-state index contributed by atoms with van der Waals surface area (Å²) < 4.78 is 0. The Kier molecular flexibility index (Phi) is 5.49. The lowest BCUT2D eigenvalue weighted by Gasteiger charge is -2.76. The Morgan fingerprint density at radius 3 is 1.98 bits per heavy atom. The van der Waals surface area contributed by atoms with Crippen LogP contribution < -0.4 is 4.90 Å². The molecule has 1 nitrogen and oxygen atoms in total. The van der Waals surface area contributed by atoms with Gasteiger partial charge in [-0.2, -0.15) is 0 Å². The number of hydrogen-bond acceptors (Lipinski definition) is 1. The minimum atomic E-state index is 0.160. The molecule has 4 fully saturated rings. The summed E-state index contributed by atoms with van der Waals surface area (Å²) in [4.78, 5) is 2.46. The molecule has 1 heteroatoms. The molecule has 0 aromatic heterocycles. The SMILES string of the molecule is CC1(C)CCC(C)(C)c2cc(N(c3ccccc3)c3ccc(-c4cccc5c4-c4ccccc4C54C5CC6CC7CC4C75C6)cc3)ccc21. The van der Waals surface area contributed by atoms with E-state index in [0.29, 0.717) is 5.41 Å². The fourth-order valence-corrected chi connectivity index (χ4v) is 13.1. The van der Waals surface area contributed by atoms with Gasteiger partial charge in [0.05, 0.1) is 0 Å². The zero-order chi connectivity index (χ0) is 32.9. The monoisotopic (exact) mass is 637 g/mol. The van der Waals surface area contributed by atoms with E-state index in [9.17, 15) is 0 Å². The van der Waals surface area contributed by atoms with Crippen molar-refractivity contribution in [1.82, 2.24) is 0 Å². The minimum absolute atomic E-state index is 0.160. The van der Waals surface area contributed by atoms with E-state index in [1.807, 2.05) is 0 Å². The Labute approximate surface area is 292 Å². The van der Waals surface area contributed by atoms with Crippen molar-refractivity contribution in [3.8, 4) is 22.3 Å². The Morgan fingerprint density at radius 1 is 0.531 bits per heavy atom. The summed E-state index contributed by atoms with van der Waals surface area (Å²) in [6.45, 7) is 9.69. The number of hydrogen-bond donors (Lipinski definition) is 0. The molecule has 244 valence electrons. The quantitative estimate of drug-likeness (QED) is 0.189. The first-order valence-corrected chi connectivity index (χ1v) is 19.1. The third kappa shape index (κ3) is 3.43. The average Bonchev–Trinajstić information content (AvgIpc) is 3.75. The predicted octanol–water partition coefficient (Wildman–Crippen LogP) is 12.5. The summed E-state index contributed by atoms with van der Waals surface area (Å²) in [5, 5.41) is 0. The van der Waals surface area contributed by atoms with Gasteiger partial charge in [0.25, 0.3) is 0 Å². The van der Waals surface area contributed by atoms with E-state index in [4.69, 9.17) is 0 Å².